The van der Waals surface area contributed by atoms with E-state index in [2.05, 4.69) is 44.0 Å². The number of amides is 1. The molecule has 0 spiro atoms. The van der Waals surface area contributed by atoms with Gasteiger partial charge in [0.05, 0.1) is 16.8 Å². The molecule has 1 saturated heterocycles. The second-order valence-corrected chi connectivity index (χ2v) is 7.80. The predicted octanol–water partition coefficient (Wildman–Crippen LogP) is 4.33. The molecule has 1 aromatic carbocycles. The van der Waals surface area contributed by atoms with Crippen LogP contribution < -0.4 is 4.74 Å². The summed E-state index contributed by atoms with van der Waals surface area (Å²) in [6.45, 7) is 3.60. The number of aromatic nitrogens is 3. The summed E-state index contributed by atoms with van der Waals surface area (Å²) >= 11 is 2.15. The number of hydrogen-bond acceptors (Lipinski definition) is 4. The number of carbonyl (C=O) groups is 1. The molecule has 1 fully saturated rings. The fraction of sp³-hybridized carbons (Fsp3) is 0.211. The Bertz CT molecular complexity index is 1140. The van der Waals surface area contributed by atoms with Crippen LogP contribution in [0.1, 0.15) is 11.6 Å². The minimum Gasteiger partial charge on any atom is -0.406 e. The van der Waals surface area contributed by atoms with E-state index in [1.807, 2.05) is 6.07 Å². The molecule has 0 radical (unpaired) electrons. The van der Waals surface area contributed by atoms with Crippen LogP contribution in [0, 0.1) is 3.57 Å². The molecule has 11 heteroatoms. The molecule has 4 rings (SSSR count). The van der Waals surface area contributed by atoms with E-state index in [0.717, 1.165) is 8.96 Å². The average molecular weight is 532 g/mol. The lowest BCUT2D eigenvalue weighted by molar-refractivity contribution is -0.274. The number of ether oxygens (including phenoxy) is 1. The van der Waals surface area contributed by atoms with E-state index >= 15 is 0 Å². The third-order valence-electron chi connectivity index (χ3n) is 4.65. The molecule has 2 aromatic heterocycles. The summed E-state index contributed by atoms with van der Waals surface area (Å²) in [5.74, 6) is -2.23. The molecule has 0 saturated carbocycles. The van der Waals surface area contributed by atoms with Gasteiger partial charge in [-0.1, -0.05) is 6.58 Å². The molecule has 1 aliphatic heterocycles. The van der Waals surface area contributed by atoms with Crippen LogP contribution in [0.15, 0.2) is 48.9 Å². The van der Waals surface area contributed by atoms with Crippen molar-refractivity contribution in [3.8, 4) is 11.4 Å². The summed E-state index contributed by atoms with van der Waals surface area (Å²) < 4.78 is 56.6. The summed E-state index contributed by atoms with van der Waals surface area (Å²) in [6.07, 6.45) is -3.17. The predicted molar refractivity (Wildman–Crippen MR) is 108 cm³/mol. The van der Waals surface area contributed by atoms with Crippen molar-refractivity contribution in [2.24, 2.45) is 0 Å². The maximum atomic E-state index is 13.1. The first-order valence-electron chi connectivity index (χ1n) is 8.67. The summed E-state index contributed by atoms with van der Waals surface area (Å²) in [7, 11) is 0. The average Bonchev–Trinajstić information content (AvgIpc) is 3.00. The molecular weight excluding hydrogens is 519 g/mol. The zero-order valence-electron chi connectivity index (χ0n) is 15.2. The summed E-state index contributed by atoms with van der Waals surface area (Å²) in [5.41, 5.74) is 1.72. The van der Waals surface area contributed by atoms with E-state index in [-0.39, 0.29) is 24.8 Å². The van der Waals surface area contributed by atoms with Crippen molar-refractivity contribution < 1.29 is 27.1 Å². The van der Waals surface area contributed by atoms with Gasteiger partial charge in [0.2, 0.25) is 0 Å². The van der Waals surface area contributed by atoms with Crippen molar-refractivity contribution in [3.05, 3.63) is 58.2 Å². The van der Waals surface area contributed by atoms with Crippen LogP contribution in [0.4, 0.5) is 17.6 Å². The lowest BCUT2D eigenvalue weighted by Gasteiger charge is -2.38. The van der Waals surface area contributed by atoms with Crippen LogP contribution in [0.2, 0.25) is 0 Å². The van der Waals surface area contributed by atoms with Crippen molar-refractivity contribution in [3.63, 3.8) is 0 Å². The SMILES string of the molecule is C=C(F)C(=O)N1CC(c2nn(-c3ccc(OC(F)(F)F)cc3)c3nccc(I)c23)C1. The zero-order valence-corrected chi connectivity index (χ0v) is 17.3. The molecule has 30 heavy (non-hydrogen) atoms. The minimum absolute atomic E-state index is 0.123. The molecule has 0 atom stereocenters. The van der Waals surface area contributed by atoms with Gasteiger partial charge in [-0.2, -0.15) is 5.10 Å². The largest absolute Gasteiger partial charge is 0.573 e. The van der Waals surface area contributed by atoms with Gasteiger partial charge in [-0.3, -0.25) is 4.79 Å². The van der Waals surface area contributed by atoms with Crippen LogP contribution >= 0.6 is 22.6 Å². The van der Waals surface area contributed by atoms with E-state index in [1.165, 1.54) is 33.8 Å². The number of pyridine rings is 1. The third kappa shape index (κ3) is 3.85. The number of alkyl halides is 3. The molecule has 3 aromatic rings. The van der Waals surface area contributed by atoms with E-state index in [9.17, 15) is 22.4 Å². The molecule has 0 bridgehead atoms. The van der Waals surface area contributed by atoms with Crippen LogP contribution in [0.5, 0.6) is 5.75 Å². The smallest absolute Gasteiger partial charge is 0.406 e. The highest BCUT2D eigenvalue weighted by Crippen LogP contribution is 2.35. The number of likely N-dealkylation sites (tertiary alicyclic amines) is 1. The molecule has 6 nitrogen and oxygen atoms in total. The molecule has 0 aliphatic carbocycles. The summed E-state index contributed by atoms with van der Waals surface area (Å²) in [6, 6.07) is 7.09. The lowest BCUT2D eigenvalue weighted by atomic mass is 9.94. The minimum atomic E-state index is -4.77. The molecule has 3 heterocycles. The van der Waals surface area contributed by atoms with Crippen molar-refractivity contribution in [1.29, 1.82) is 0 Å². The van der Waals surface area contributed by atoms with Gasteiger partial charge in [0.25, 0.3) is 5.91 Å². The summed E-state index contributed by atoms with van der Waals surface area (Å²) in [5, 5.41) is 5.40. The Balaban J connectivity index is 1.68. The fourth-order valence-electron chi connectivity index (χ4n) is 3.27. The number of hydrogen-bond donors (Lipinski definition) is 0. The zero-order chi connectivity index (χ0) is 21.6. The molecule has 0 N–H and O–H groups in total. The maximum absolute atomic E-state index is 13.1. The van der Waals surface area contributed by atoms with E-state index in [1.54, 1.807) is 6.20 Å². The van der Waals surface area contributed by atoms with Gasteiger partial charge in [-0.15, -0.1) is 13.2 Å². The van der Waals surface area contributed by atoms with Crippen molar-refractivity contribution in [2.75, 3.05) is 13.1 Å². The third-order valence-corrected chi connectivity index (χ3v) is 5.55. The number of carbonyl (C=O) groups excluding carboxylic acids is 1. The topological polar surface area (TPSA) is 60.2 Å². The van der Waals surface area contributed by atoms with Crippen LogP contribution in [0.25, 0.3) is 16.7 Å². The Morgan fingerprint density at radius 2 is 1.87 bits per heavy atom. The van der Waals surface area contributed by atoms with Gasteiger partial charge < -0.3 is 9.64 Å². The first-order valence-corrected chi connectivity index (χ1v) is 9.75. The first kappa shape index (κ1) is 20.6. The van der Waals surface area contributed by atoms with Gasteiger partial charge in [-0.25, -0.2) is 14.1 Å². The van der Waals surface area contributed by atoms with Gasteiger partial charge in [0, 0.05) is 28.8 Å². The van der Waals surface area contributed by atoms with Crippen molar-refractivity contribution >= 4 is 39.5 Å². The van der Waals surface area contributed by atoms with Crippen LogP contribution in [-0.2, 0) is 4.79 Å². The van der Waals surface area contributed by atoms with Crippen LogP contribution in [-0.4, -0.2) is 45.0 Å². The Morgan fingerprint density at radius 1 is 1.20 bits per heavy atom. The second kappa shape index (κ2) is 7.52. The van der Waals surface area contributed by atoms with E-state index < -0.39 is 18.1 Å². The lowest BCUT2D eigenvalue weighted by Crippen LogP contribution is -2.48. The number of fused-ring (bicyclic) bond motifs is 1. The molecule has 0 unspecified atom stereocenters. The van der Waals surface area contributed by atoms with E-state index in [0.29, 0.717) is 17.0 Å². The first-order chi connectivity index (χ1) is 14.1. The highest BCUT2D eigenvalue weighted by atomic mass is 127. The Hall–Kier alpha value is -2.70. The fourth-order valence-corrected chi connectivity index (χ4v) is 3.95. The molecule has 156 valence electrons. The Morgan fingerprint density at radius 3 is 2.47 bits per heavy atom. The highest BCUT2D eigenvalue weighted by molar-refractivity contribution is 14.1. The van der Waals surface area contributed by atoms with Gasteiger partial charge >= 0.3 is 6.36 Å². The quantitative estimate of drug-likeness (QED) is 0.285. The maximum Gasteiger partial charge on any atom is 0.573 e. The van der Waals surface area contributed by atoms with Gasteiger partial charge in [0.15, 0.2) is 11.5 Å². The number of rotatable bonds is 4. The number of nitrogens with zero attached hydrogens (tertiary/aromatic N) is 4. The van der Waals surface area contributed by atoms with E-state index in [4.69, 9.17) is 0 Å². The molecule has 1 amide bonds. The molecule has 1 aliphatic rings. The Kier molecular flexibility index (Phi) is 5.16. The van der Waals surface area contributed by atoms with Crippen LogP contribution in [0.3, 0.4) is 0 Å². The van der Waals surface area contributed by atoms with Crippen molar-refractivity contribution in [1.82, 2.24) is 19.7 Å². The molecular formula is C19H13F4IN4O2. The van der Waals surface area contributed by atoms with Gasteiger partial charge in [0.1, 0.15) is 5.75 Å². The van der Waals surface area contributed by atoms with Crippen molar-refractivity contribution in [2.45, 2.75) is 12.3 Å². The standard InChI is InChI=1S/C19H13F4IN4O2/c1-10(20)18(29)27-8-11(9-27)16-15-14(24)6-7-25-17(15)28(26-16)12-2-4-13(5-3-12)30-19(21,22)23/h2-7,11H,1,8-9H2. The highest BCUT2D eigenvalue weighted by Gasteiger charge is 2.36. The Labute approximate surface area is 181 Å². The van der Waals surface area contributed by atoms with Gasteiger partial charge in [-0.05, 0) is 52.9 Å². The monoisotopic (exact) mass is 532 g/mol. The normalized spacial score (nSPS) is 14.6. The second-order valence-electron chi connectivity index (χ2n) is 6.64. The number of halogens is 5. The summed E-state index contributed by atoms with van der Waals surface area (Å²) in [4.78, 5) is 17.4. The number of benzene rings is 1.